The normalized spacial score (nSPS) is 12.8. The summed E-state index contributed by atoms with van der Waals surface area (Å²) in [4.78, 5) is 16.5. The fourth-order valence-corrected chi connectivity index (χ4v) is 9.44. The van der Waals surface area contributed by atoms with Gasteiger partial charge in [0.2, 0.25) is 0 Å². The van der Waals surface area contributed by atoms with Gasteiger partial charge in [-0.25, -0.2) is 0 Å². The molecule has 3 aromatic carbocycles. The summed E-state index contributed by atoms with van der Waals surface area (Å²) in [5, 5.41) is 14.3. The van der Waals surface area contributed by atoms with Gasteiger partial charge in [0, 0.05) is 38.0 Å². The van der Waals surface area contributed by atoms with Crippen molar-refractivity contribution in [3.63, 3.8) is 0 Å². The molecule has 0 aliphatic rings. The summed E-state index contributed by atoms with van der Waals surface area (Å²) in [6.07, 6.45) is 2.47. The molecule has 5 rings (SSSR count). The van der Waals surface area contributed by atoms with Crippen LogP contribution in [0.4, 0.5) is 13.2 Å². The van der Waals surface area contributed by atoms with Gasteiger partial charge in [0.15, 0.2) is 5.78 Å². The van der Waals surface area contributed by atoms with E-state index in [1.165, 1.54) is 39.4 Å². The molecular formula is C44H53F3IrNO2Se-. The molecule has 0 spiro atoms. The molecule has 0 aliphatic carbocycles. The Morgan fingerprint density at radius 3 is 2.04 bits per heavy atom. The number of hydrogen-bond acceptors (Lipinski definition) is 3. The molecule has 0 saturated heterocycles. The standard InChI is InChI=1S/C31H29F3NSe.C13H24O2.Ir/c1-18-20(17-30(5,6)31(32,33)34)11-12-23-24-13-14-35-26(28(24)36-27(18)23)21-15-19-9-7-8-10-22(19)25(16-21)29(2,3)4;1-5-10(6-2)12(14)9-13(15)11(7-3)8-4;/h7-14,16H,17H2,1-6H3;9-11,14H,5-8H2,1-4H3;/q-1;;/b;12-9-;. The van der Waals surface area contributed by atoms with Gasteiger partial charge < -0.3 is 5.11 Å². The number of ketones is 1. The predicted octanol–water partition coefficient (Wildman–Crippen LogP) is 12.7. The number of allylic oxidation sites excluding steroid dienone is 2. The summed E-state index contributed by atoms with van der Waals surface area (Å²) >= 11 is -0.0574. The zero-order valence-corrected chi connectivity index (χ0v) is 36.3. The molecule has 283 valence electrons. The van der Waals surface area contributed by atoms with E-state index < -0.39 is 11.6 Å². The molecule has 3 nitrogen and oxygen atoms in total. The Hall–Kier alpha value is -2.76. The molecule has 1 radical (unpaired) electrons. The second kappa shape index (κ2) is 17.6. The number of aliphatic hydroxyl groups excluding tert-OH is 1. The average molecular weight is 956 g/mol. The third-order valence-electron chi connectivity index (χ3n) is 10.2. The van der Waals surface area contributed by atoms with Crippen molar-refractivity contribution in [2.75, 3.05) is 0 Å². The number of aryl methyl sites for hydroxylation is 1. The average Bonchev–Trinajstić information content (AvgIpc) is 3.45. The molecule has 2 heterocycles. The zero-order valence-electron chi connectivity index (χ0n) is 32.1. The molecule has 0 saturated carbocycles. The van der Waals surface area contributed by atoms with Crippen LogP contribution in [0.15, 0.2) is 66.6 Å². The van der Waals surface area contributed by atoms with E-state index in [2.05, 4.69) is 51.1 Å². The molecule has 5 aromatic rings. The first kappa shape index (κ1) is 43.6. The topological polar surface area (TPSA) is 50.2 Å². The summed E-state index contributed by atoms with van der Waals surface area (Å²) in [6, 6.07) is 20.1. The number of aromatic nitrogens is 1. The number of rotatable bonds is 10. The molecule has 0 bridgehead atoms. The fraction of sp³-hybridized carbons (Fsp3) is 0.455. The number of fused-ring (bicyclic) bond motifs is 4. The Labute approximate surface area is 327 Å². The number of hydrogen-bond donors (Lipinski definition) is 1. The molecule has 0 amide bonds. The van der Waals surface area contributed by atoms with Gasteiger partial charge in [-0.2, -0.15) is 0 Å². The molecule has 0 fully saturated rings. The summed E-state index contributed by atoms with van der Waals surface area (Å²) in [6.45, 7) is 19.3. The second-order valence-corrected chi connectivity index (χ2v) is 17.5. The van der Waals surface area contributed by atoms with Gasteiger partial charge in [-0.3, -0.25) is 4.79 Å². The van der Waals surface area contributed by atoms with Gasteiger partial charge >= 0.3 is 216 Å². The number of pyridine rings is 1. The number of halogens is 3. The minimum Gasteiger partial charge on any atom is 0 e. The number of aliphatic hydroxyl groups is 1. The van der Waals surface area contributed by atoms with Crippen molar-refractivity contribution in [1.29, 1.82) is 0 Å². The Kier molecular flexibility index (Phi) is 14.8. The maximum atomic E-state index is 13.6. The summed E-state index contributed by atoms with van der Waals surface area (Å²) in [5.41, 5.74) is 3.07. The Balaban J connectivity index is 0.000000389. The van der Waals surface area contributed by atoms with Crippen LogP contribution in [0.3, 0.4) is 0 Å². The van der Waals surface area contributed by atoms with E-state index in [9.17, 15) is 23.1 Å². The van der Waals surface area contributed by atoms with Crippen LogP contribution >= 0.6 is 0 Å². The summed E-state index contributed by atoms with van der Waals surface area (Å²) in [7, 11) is 0. The van der Waals surface area contributed by atoms with Crippen molar-refractivity contribution in [3.8, 4) is 11.3 Å². The van der Waals surface area contributed by atoms with E-state index in [4.69, 9.17) is 4.98 Å². The smallest absolute Gasteiger partial charge is 0 e. The molecule has 0 aliphatic heterocycles. The van der Waals surface area contributed by atoms with Crippen LogP contribution in [0.25, 0.3) is 41.3 Å². The van der Waals surface area contributed by atoms with Crippen LogP contribution in [-0.4, -0.2) is 36.6 Å². The van der Waals surface area contributed by atoms with Crippen molar-refractivity contribution in [2.45, 2.75) is 113 Å². The molecule has 0 atom stereocenters. The van der Waals surface area contributed by atoms with Gasteiger partial charge in [0.05, 0.1) is 5.76 Å². The van der Waals surface area contributed by atoms with Crippen LogP contribution in [0.5, 0.6) is 0 Å². The molecule has 1 N–H and O–H groups in total. The molecular weight excluding hydrogens is 903 g/mol. The van der Waals surface area contributed by atoms with Crippen LogP contribution in [-0.2, 0) is 36.7 Å². The van der Waals surface area contributed by atoms with Crippen molar-refractivity contribution in [3.05, 3.63) is 89.3 Å². The van der Waals surface area contributed by atoms with Gasteiger partial charge in [-0.05, 0) is 25.7 Å². The van der Waals surface area contributed by atoms with E-state index in [-0.39, 0.29) is 69.8 Å². The monoisotopic (exact) mass is 957 g/mol. The van der Waals surface area contributed by atoms with Gasteiger partial charge in [0.1, 0.15) is 0 Å². The first-order valence-electron chi connectivity index (χ1n) is 18.1. The van der Waals surface area contributed by atoms with Gasteiger partial charge in [0.25, 0.3) is 0 Å². The first-order chi connectivity index (χ1) is 23.9. The largest absolute Gasteiger partial charge is 0 e. The molecule has 8 heteroatoms. The number of alkyl halides is 3. The van der Waals surface area contributed by atoms with Gasteiger partial charge in [-0.1, -0.05) is 27.7 Å². The second-order valence-electron chi connectivity index (χ2n) is 15.3. The van der Waals surface area contributed by atoms with E-state index in [1.54, 1.807) is 0 Å². The van der Waals surface area contributed by atoms with Crippen molar-refractivity contribution >= 4 is 50.4 Å². The van der Waals surface area contributed by atoms with Gasteiger partial charge in [-0.15, -0.1) is 0 Å². The van der Waals surface area contributed by atoms with Crippen LogP contribution in [0.2, 0.25) is 0 Å². The zero-order chi connectivity index (χ0) is 37.9. The van der Waals surface area contributed by atoms with E-state index in [0.29, 0.717) is 0 Å². The molecule has 0 unspecified atom stereocenters. The fourth-order valence-electron chi connectivity index (χ4n) is 6.66. The number of carbonyl (C=O) groups excluding carboxylic acids is 1. The van der Waals surface area contributed by atoms with E-state index in [0.717, 1.165) is 64.2 Å². The van der Waals surface area contributed by atoms with Crippen molar-refractivity contribution < 1.29 is 43.2 Å². The van der Waals surface area contributed by atoms with Crippen LogP contribution in [0, 0.1) is 30.2 Å². The summed E-state index contributed by atoms with van der Waals surface area (Å²) < 4.78 is 43.1. The van der Waals surface area contributed by atoms with Crippen LogP contribution in [0.1, 0.15) is 105 Å². The number of nitrogens with zero attached hydrogens (tertiary/aromatic N) is 1. The predicted molar refractivity (Wildman–Crippen MR) is 209 cm³/mol. The van der Waals surface area contributed by atoms with Crippen molar-refractivity contribution in [2.24, 2.45) is 17.3 Å². The maximum Gasteiger partial charge on any atom is 0 e. The maximum absolute atomic E-state index is 13.6. The minimum atomic E-state index is -4.25. The quantitative estimate of drug-likeness (QED) is 0.0657. The minimum absolute atomic E-state index is 0. The van der Waals surface area contributed by atoms with E-state index >= 15 is 0 Å². The third kappa shape index (κ3) is 9.48. The molecule has 2 aromatic heterocycles. The third-order valence-corrected chi connectivity index (χ3v) is 13.1. The number of benzene rings is 3. The van der Waals surface area contributed by atoms with Crippen molar-refractivity contribution in [1.82, 2.24) is 4.98 Å². The van der Waals surface area contributed by atoms with E-state index in [1.807, 2.05) is 65.1 Å². The Morgan fingerprint density at radius 2 is 1.46 bits per heavy atom. The molecule has 52 heavy (non-hydrogen) atoms. The Bertz CT molecular complexity index is 2030. The Morgan fingerprint density at radius 1 is 0.865 bits per heavy atom. The first-order valence-corrected chi connectivity index (χ1v) is 19.9. The van der Waals surface area contributed by atoms with Crippen LogP contribution < -0.4 is 0 Å². The SMILES string of the molecule is CCC(CC)C(=O)/C=C(\O)C(CC)CC.Cc1c(CC(C)(C)C(F)(F)F)ccc2c1[se]c1c(-c3[c-]c4ccccc4c(C(C)(C)C)c3)nccc12.[Ir]. The number of carbonyl (C=O) groups is 1. The summed E-state index contributed by atoms with van der Waals surface area (Å²) in [5.74, 6) is 0.547.